The molecule has 2 aliphatic carbocycles. The molecule has 7 rings (SSSR count). The number of rotatable bonds is 7. The monoisotopic (exact) mass is 759 g/mol. The van der Waals surface area contributed by atoms with E-state index in [0.717, 1.165) is 35.2 Å². The lowest BCUT2D eigenvalue weighted by molar-refractivity contribution is -0.140. The Kier molecular flexibility index (Phi) is 9.51. The van der Waals surface area contributed by atoms with Crippen molar-refractivity contribution in [1.29, 1.82) is 0 Å². The molecule has 1 aromatic heterocycles. The standard InChI is InChI=1S/C36H40F3N5O6S2/c1-34(16-17-34)52(48,49)43-32(47)35-20-23(35)10-5-3-2-4-6-14-27(40-24-12-9-11-22(18-24)36(37,38)39)31(46)44-21-25(19-28(44)30(45)42-35)50-33-41-26-13-7-8-15-29(26)51-33/h5,7-13,15,18,23,25,27-28,40H,2-4,6,14,16-17,19-21H2,1H3,(H,42,45)(H,43,47)/b10-5-/t23-,25-,27+,28+,35-/m1/s1. The average molecular weight is 760 g/mol. The molecule has 3 heterocycles. The first-order valence-corrected chi connectivity index (χ1v) is 19.8. The Morgan fingerprint density at radius 2 is 1.88 bits per heavy atom. The highest BCUT2D eigenvalue weighted by Gasteiger charge is 2.63. The van der Waals surface area contributed by atoms with Crippen LogP contribution in [0.15, 0.2) is 60.7 Å². The lowest BCUT2D eigenvalue weighted by atomic mass is 10.0. The number of para-hydroxylation sites is 1. The number of fused-ring (bicyclic) bond motifs is 3. The number of halogens is 3. The van der Waals surface area contributed by atoms with Crippen molar-refractivity contribution in [3.63, 3.8) is 0 Å². The molecule has 2 saturated carbocycles. The second-order valence-electron chi connectivity index (χ2n) is 14.4. The molecule has 2 aliphatic heterocycles. The third kappa shape index (κ3) is 7.36. The summed E-state index contributed by atoms with van der Waals surface area (Å²) < 4.78 is 75.2. The normalized spacial score (nSPS) is 28.4. The highest BCUT2D eigenvalue weighted by Crippen LogP contribution is 2.47. The van der Waals surface area contributed by atoms with E-state index in [0.29, 0.717) is 37.3 Å². The zero-order valence-electron chi connectivity index (χ0n) is 28.4. The van der Waals surface area contributed by atoms with Crippen LogP contribution in [0.5, 0.6) is 5.19 Å². The molecule has 0 bridgehead atoms. The maximum absolute atomic E-state index is 14.5. The summed E-state index contributed by atoms with van der Waals surface area (Å²) in [6.07, 6.45) is 2.53. The van der Waals surface area contributed by atoms with Crippen molar-refractivity contribution in [2.75, 3.05) is 11.9 Å². The minimum absolute atomic E-state index is 0.0249. The molecule has 4 aliphatic rings. The molecule has 3 N–H and O–H groups in total. The van der Waals surface area contributed by atoms with Crippen molar-refractivity contribution in [1.82, 2.24) is 19.9 Å². The van der Waals surface area contributed by atoms with Crippen molar-refractivity contribution >= 4 is 55.0 Å². The van der Waals surface area contributed by atoms with Gasteiger partial charge in [-0.3, -0.25) is 19.1 Å². The molecule has 52 heavy (non-hydrogen) atoms. The number of nitrogens with zero attached hydrogens (tertiary/aromatic N) is 2. The molecule has 1 saturated heterocycles. The minimum atomic E-state index is -4.58. The van der Waals surface area contributed by atoms with Gasteiger partial charge in [-0.15, -0.1) is 0 Å². The number of hydrogen-bond donors (Lipinski definition) is 3. The van der Waals surface area contributed by atoms with Gasteiger partial charge in [-0.25, -0.2) is 13.4 Å². The maximum atomic E-state index is 14.5. The number of nitrogens with one attached hydrogen (secondary N) is 3. The van der Waals surface area contributed by atoms with E-state index in [1.54, 1.807) is 6.92 Å². The summed E-state index contributed by atoms with van der Waals surface area (Å²) in [7, 11) is -4.00. The van der Waals surface area contributed by atoms with Crippen molar-refractivity contribution in [3.05, 3.63) is 66.2 Å². The molecule has 3 fully saturated rings. The number of carbonyl (C=O) groups is 3. The van der Waals surface area contributed by atoms with Gasteiger partial charge in [0.15, 0.2) is 0 Å². The highest BCUT2D eigenvalue weighted by atomic mass is 32.2. The van der Waals surface area contributed by atoms with E-state index in [2.05, 4.69) is 20.3 Å². The Bertz CT molecular complexity index is 1980. The number of carbonyl (C=O) groups excluding carboxylic acids is 3. The van der Waals surface area contributed by atoms with E-state index < -0.39 is 73.9 Å². The number of amides is 3. The van der Waals surface area contributed by atoms with Gasteiger partial charge in [-0.1, -0.05) is 54.5 Å². The summed E-state index contributed by atoms with van der Waals surface area (Å²) in [5.41, 5.74) is -1.57. The fraction of sp³-hybridized carbons (Fsp3) is 0.500. The highest BCUT2D eigenvalue weighted by molar-refractivity contribution is 7.91. The summed E-state index contributed by atoms with van der Waals surface area (Å²) in [6, 6.07) is 9.99. The first-order chi connectivity index (χ1) is 24.7. The van der Waals surface area contributed by atoms with Crippen LogP contribution >= 0.6 is 11.3 Å². The molecule has 16 heteroatoms. The van der Waals surface area contributed by atoms with Crippen LogP contribution in [0.3, 0.4) is 0 Å². The van der Waals surface area contributed by atoms with Crippen LogP contribution < -0.4 is 20.1 Å². The van der Waals surface area contributed by atoms with E-state index >= 15 is 0 Å². The van der Waals surface area contributed by atoms with Gasteiger partial charge in [-0.2, -0.15) is 13.2 Å². The Hall–Kier alpha value is -4.18. The summed E-state index contributed by atoms with van der Waals surface area (Å²) in [5.74, 6) is -2.44. The molecule has 3 aromatic rings. The zero-order valence-corrected chi connectivity index (χ0v) is 30.1. The predicted octanol–water partition coefficient (Wildman–Crippen LogP) is 5.54. The quantitative estimate of drug-likeness (QED) is 0.267. The van der Waals surface area contributed by atoms with Crippen molar-refractivity contribution in [3.8, 4) is 5.19 Å². The largest absolute Gasteiger partial charge is 0.465 e. The van der Waals surface area contributed by atoms with E-state index in [1.807, 2.05) is 36.4 Å². The van der Waals surface area contributed by atoms with Gasteiger partial charge in [0.1, 0.15) is 23.7 Å². The van der Waals surface area contributed by atoms with Gasteiger partial charge in [0, 0.05) is 18.0 Å². The molecule has 0 unspecified atom stereocenters. The smallest absolute Gasteiger partial charge is 0.416 e. The zero-order chi connectivity index (χ0) is 36.9. The molecule has 2 aromatic carbocycles. The number of hydrogen-bond acceptors (Lipinski definition) is 9. The van der Waals surface area contributed by atoms with Crippen LogP contribution in [0.1, 0.15) is 70.3 Å². The molecule has 5 atom stereocenters. The van der Waals surface area contributed by atoms with E-state index in [9.17, 15) is 36.0 Å². The SMILES string of the molecule is CC1(S(=O)(=O)NC(=O)[C@@]23C[C@H]2/C=C\CCCCC[C@H](Nc2cccc(C(F)(F)F)c2)C(=O)N2C[C@H](Oc4nc5ccccc5s4)C[C@H]2C(=O)N3)CC1. The third-order valence-electron chi connectivity index (χ3n) is 10.5. The lowest BCUT2D eigenvalue weighted by Crippen LogP contribution is -2.58. The van der Waals surface area contributed by atoms with Crippen molar-refractivity contribution in [2.24, 2.45) is 5.92 Å². The second kappa shape index (κ2) is 13.7. The number of allylic oxidation sites excluding steroid dienone is 1. The molecule has 3 amide bonds. The molecule has 0 spiro atoms. The number of benzene rings is 2. The van der Waals surface area contributed by atoms with E-state index in [-0.39, 0.29) is 25.1 Å². The fourth-order valence-corrected chi connectivity index (χ4v) is 9.17. The molecule has 278 valence electrons. The predicted molar refractivity (Wildman–Crippen MR) is 189 cm³/mol. The van der Waals surface area contributed by atoms with Crippen LogP contribution in [0.25, 0.3) is 10.2 Å². The van der Waals surface area contributed by atoms with Gasteiger partial charge in [0.05, 0.1) is 27.1 Å². The Morgan fingerprint density at radius 3 is 2.63 bits per heavy atom. The van der Waals surface area contributed by atoms with Crippen LogP contribution in [-0.4, -0.2) is 71.0 Å². The molecular weight excluding hydrogens is 720 g/mol. The van der Waals surface area contributed by atoms with Crippen LogP contribution in [-0.2, 0) is 30.6 Å². The Morgan fingerprint density at radius 1 is 1.10 bits per heavy atom. The maximum Gasteiger partial charge on any atom is 0.416 e. The summed E-state index contributed by atoms with van der Waals surface area (Å²) >= 11 is 1.32. The third-order valence-corrected chi connectivity index (χ3v) is 13.6. The number of anilines is 1. The van der Waals surface area contributed by atoms with Crippen LogP contribution in [0, 0.1) is 5.92 Å². The number of ether oxygens (including phenoxy) is 1. The molecule has 11 nitrogen and oxygen atoms in total. The fourth-order valence-electron chi connectivity index (χ4n) is 6.98. The summed E-state index contributed by atoms with van der Waals surface area (Å²) in [5, 5.41) is 6.21. The number of sulfonamides is 1. The topological polar surface area (TPSA) is 147 Å². The van der Waals surface area contributed by atoms with E-state index in [1.165, 1.54) is 28.4 Å². The number of alkyl halides is 3. The second-order valence-corrected chi connectivity index (χ2v) is 17.6. The van der Waals surface area contributed by atoms with Crippen molar-refractivity contribution in [2.45, 2.75) is 99.4 Å². The van der Waals surface area contributed by atoms with Gasteiger partial charge < -0.3 is 20.3 Å². The first-order valence-electron chi connectivity index (χ1n) is 17.5. The summed E-state index contributed by atoms with van der Waals surface area (Å²) in [6.45, 7) is 1.54. The molecular formula is C36H40F3N5O6S2. The Balaban J connectivity index is 1.19. The van der Waals surface area contributed by atoms with Gasteiger partial charge in [0.25, 0.3) is 11.1 Å². The Labute approximate surface area is 303 Å². The van der Waals surface area contributed by atoms with Gasteiger partial charge >= 0.3 is 6.18 Å². The van der Waals surface area contributed by atoms with Crippen molar-refractivity contribution < 1.29 is 40.7 Å². The number of aromatic nitrogens is 1. The minimum Gasteiger partial charge on any atom is -0.465 e. The van der Waals surface area contributed by atoms with Crippen LogP contribution in [0.4, 0.5) is 18.9 Å². The van der Waals surface area contributed by atoms with Crippen LogP contribution in [0.2, 0.25) is 0 Å². The first kappa shape index (κ1) is 36.2. The lowest BCUT2D eigenvalue weighted by Gasteiger charge is -2.30. The van der Waals surface area contributed by atoms with Gasteiger partial charge in [-0.05, 0) is 75.8 Å². The molecule has 0 radical (unpaired) electrons. The summed E-state index contributed by atoms with van der Waals surface area (Å²) in [4.78, 5) is 48.4. The average Bonchev–Trinajstić information content (AvgIpc) is 3.90. The van der Waals surface area contributed by atoms with E-state index in [4.69, 9.17) is 4.74 Å². The van der Waals surface area contributed by atoms with Gasteiger partial charge in [0.2, 0.25) is 21.8 Å². The number of thiazole rings is 1.